The topological polar surface area (TPSA) is 154 Å². The Bertz CT molecular complexity index is 1220. The smallest absolute Gasteiger partial charge is 0.407 e. The van der Waals surface area contributed by atoms with Crippen molar-refractivity contribution >= 4 is 12.0 Å². The van der Waals surface area contributed by atoms with Gasteiger partial charge in [0.2, 0.25) is 5.91 Å². The summed E-state index contributed by atoms with van der Waals surface area (Å²) in [6.45, 7) is 7.60. The first-order valence-corrected chi connectivity index (χ1v) is 12.8. The number of hydrogen-bond donors (Lipinski definition) is 4. The van der Waals surface area contributed by atoms with E-state index in [-0.39, 0.29) is 31.8 Å². The van der Waals surface area contributed by atoms with Crippen molar-refractivity contribution < 1.29 is 24.5 Å². The molecule has 1 aromatic carbocycles. The molecule has 2 aromatic rings. The average molecular weight is 531 g/mol. The minimum Gasteiger partial charge on any atom is -0.444 e. The molecule has 0 aliphatic heterocycles. The number of benzene rings is 1. The molecule has 38 heavy (non-hydrogen) atoms. The zero-order valence-electron chi connectivity index (χ0n) is 22.3. The SMILES string of the molecule is Cc1cn([C@@H]2C[C@@H](CN(Cc3ccccc3)C(=O)CCCNC(=O)OC(C)(C)C)[C@@H](O)[C@@H]2O)c(=O)[nH]c1=O. The summed E-state index contributed by atoms with van der Waals surface area (Å²) in [4.78, 5) is 53.1. The molecular weight excluding hydrogens is 492 g/mol. The van der Waals surface area contributed by atoms with Crippen LogP contribution in [0.3, 0.4) is 0 Å². The summed E-state index contributed by atoms with van der Waals surface area (Å²) in [6, 6.07) is 8.68. The quantitative estimate of drug-likeness (QED) is 0.358. The van der Waals surface area contributed by atoms with E-state index in [9.17, 15) is 29.4 Å². The summed E-state index contributed by atoms with van der Waals surface area (Å²) in [5.41, 5.74) is -0.556. The number of rotatable bonds is 9. The van der Waals surface area contributed by atoms with Gasteiger partial charge in [0.1, 0.15) is 11.7 Å². The molecule has 1 heterocycles. The summed E-state index contributed by atoms with van der Waals surface area (Å²) in [5.74, 6) is -0.663. The van der Waals surface area contributed by atoms with Crippen LogP contribution < -0.4 is 16.6 Å². The van der Waals surface area contributed by atoms with Crippen molar-refractivity contribution in [3.05, 3.63) is 68.5 Å². The van der Waals surface area contributed by atoms with E-state index in [0.29, 0.717) is 18.5 Å². The van der Waals surface area contributed by atoms with Crippen molar-refractivity contribution in [2.75, 3.05) is 13.1 Å². The molecule has 11 heteroatoms. The number of aromatic nitrogens is 2. The van der Waals surface area contributed by atoms with Crippen LogP contribution in [0.5, 0.6) is 0 Å². The number of aliphatic hydroxyl groups is 2. The maximum absolute atomic E-state index is 13.2. The van der Waals surface area contributed by atoms with Crippen LogP contribution in [0.25, 0.3) is 0 Å². The van der Waals surface area contributed by atoms with Crippen molar-refractivity contribution in [1.82, 2.24) is 19.8 Å². The van der Waals surface area contributed by atoms with E-state index in [1.54, 1.807) is 32.6 Å². The average Bonchev–Trinajstić information content (AvgIpc) is 3.11. The zero-order chi connectivity index (χ0) is 28.0. The maximum Gasteiger partial charge on any atom is 0.407 e. The lowest BCUT2D eigenvalue weighted by molar-refractivity contribution is -0.133. The number of aliphatic hydroxyl groups excluding tert-OH is 2. The predicted molar refractivity (Wildman–Crippen MR) is 141 cm³/mol. The largest absolute Gasteiger partial charge is 0.444 e. The van der Waals surface area contributed by atoms with E-state index in [1.165, 1.54) is 10.8 Å². The molecule has 4 N–H and O–H groups in total. The third-order valence-electron chi connectivity index (χ3n) is 6.53. The highest BCUT2D eigenvalue weighted by Crippen LogP contribution is 2.35. The van der Waals surface area contributed by atoms with Gasteiger partial charge in [0.15, 0.2) is 0 Å². The number of carbonyl (C=O) groups excluding carboxylic acids is 2. The van der Waals surface area contributed by atoms with Crippen LogP contribution in [-0.2, 0) is 16.1 Å². The van der Waals surface area contributed by atoms with Crippen LogP contribution in [0, 0.1) is 12.8 Å². The van der Waals surface area contributed by atoms with E-state index in [4.69, 9.17) is 4.74 Å². The summed E-state index contributed by atoms with van der Waals surface area (Å²) in [5, 5.41) is 24.2. The number of hydrogen-bond acceptors (Lipinski definition) is 7. The number of carbonyl (C=O) groups is 2. The molecule has 0 spiro atoms. The Morgan fingerprint density at radius 2 is 1.84 bits per heavy atom. The first kappa shape index (κ1) is 29.1. The van der Waals surface area contributed by atoms with E-state index < -0.39 is 47.1 Å². The molecule has 0 saturated heterocycles. The second-order valence-electron chi connectivity index (χ2n) is 10.8. The molecule has 1 aromatic heterocycles. The van der Waals surface area contributed by atoms with Crippen LogP contribution in [-0.4, -0.2) is 67.6 Å². The van der Waals surface area contributed by atoms with Crippen molar-refractivity contribution in [3.8, 4) is 0 Å². The van der Waals surface area contributed by atoms with Gasteiger partial charge in [-0.1, -0.05) is 30.3 Å². The third-order valence-corrected chi connectivity index (χ3v) is 6.53. The lowest BCUT2D eigenvalue weighted by Gasteiger charge is -2.28. The van der Waals surface area contributed by atoms with Gasteiger partial charge >= 0.3 is 11.8 Å². The molecule has 1 fully saturated rings. The fourth-order valence-corrected chi connectivity index (χ4v) is 4.63. The van der Waals surface area contributed by atoms with Gasteiger partial charge < -0.3 is 25.2 Å². The maximum atomic E-state index is 13.2. The number of nitrogens with zero attached hydrogens (tertiary/aromatic N) is 2. The van der Waals surface area contributed by atoms with Gasteiger partial charge in [-0.2, -0.15) is 0 Å². The van der Waals surface area contributed by atoms with Gasteiger partial charge in [-0.15, -0.1) is 0 Å². The van der Waals surface area contributed by atoms with Gasteiger partial charge in [0.25, 0.3) is 5.56 Å². The Kier molecular flexibility index (Phi) is 9.50. The number of aryl methyl sites for hydroxylation is 1. The highest BCUT2D eigenvalue weighted by atomic mass is 16.6. The summed E-state index contributed by atoms with van der Waals surface area (Å²) in [7, 11) is 0. The molecule has 1 saturated carbocycles. The first-order valence-electron chi connectivity index (χ1n) is 12.8. The fourth-order valence-electron chi connectivity index (χ4n) is 4.63. The number of ether oxygens (including phenoxy) is 1. The molecule has 0 unspecified atom stereocenters. The summed E-state index contributed by atoms with van der Waals surface area (Å²) < 4.78 is 6.46. The summed E-state index contributed by atoms with van der Waals surface area (Å²) >= 11 is 0. The second-order valence-corrected chi connectivity index (χ2v) is 10.8. The zero-order valence-corrected chi connectivity index (χ0v) is 22.3. The van der Waals surface area contributed by atoms with Gasteiger partial charge in [-0.3, -0.25) is 19.1 Å². The van der Waals surface area contributed by atoms with Crippen LogP contribution >= 0.6 is 0 Å². The van der Waals surface area contributed by atoms with Gasteiger partial charge in [-0.05, 0) is 46.1 Å². The van der Waals surface area contributed by atoms with Crippen molar-refractivity contribution in [3.63, 3.8) is 0 Å². The first-order chi connectivity index (χ1) is 17.9. The monoisotopic (exact) mass is 530 g/mol. The molecule has 0 bridgehead atoms. The lowest BCUT2D eigenvalue weighted by atomic mass is 10.0. The summed E-state index contributed by atoms with van der Waals surface area (Å²) in [6.07, 6.45) is -0.771. The number of H-pyrrole nitrogens is 1. The standard InChI is InChI=1S/C27H38N4O7/c1-17-14-31(25(36)29-24(17)35)20-13-19(22(33)23(20)34)16-30(15-18-9-6-5-7-10-18)21(32)11-8-12-28-26(37)38-27(2,3)4/h5-7,9-10,14,19-20,22-23,33-34H,8,11-13,15-16H2,1-4H3,(H,28,37)(H,29,35,36)/t19-,20+,22+,23+/m0/s1. The van der Waals surface area contributed by atoms with Gasteiger partial charge in [-0.25, -0.2) is 9.59 Å². The Balaban J connectivity index is 1.69. The molecule has 2 amide bonds. The molecule has 11 nitrogen and oxygen atoms in total. The Morgan fingerprint density at radius 1 is 1.16 bits per heavy atom. The second kappa shape index (κ2) is 12.4. The van der Waals surface area contributed by atoms with Crippen molar-refractivity contribution in [2.24, 2.45) is 5.92 Å². The van der Waals surface area contributed by atoms with E-state index in [2.05, 4.69) is 10.3 Å². The van der Waals surface area contributed by atoms with E-state index in [0.717, 1.165) is 5.56 Å². The lowest BCUT2D eigenvalue weighted by Crippen LogP contribution is -2.40. The number of aromatic amines is 1. The minimum atomic E-state index is -1.24. The van der Waals surface area contributed by atoms with Gasteiger partial charge in [0, 0.05) is 43.7 Å². The number of amides is 2. The molecule has 208 valence electrons. The molecule has 1 aliphatic rings. The molecule has 3 rings (SSSR count). The van der Waals surface area contributed by atoms with Crippen LogP contribution in [0.15, 0.2) is 46.1 Å². The van der Waals surface area contributed by atoms with Crippen LogP contribution in [0.1, 0.15) is 57.2 Å². The highest BCUT2D eigenvalue weighted by molar-refractivity contribution is 5.76. The van der Waals surface area contributed by atoms with Gasteiger partial charge in [0.05, 0.1) is 12.1 Å². The fraction of sp³-hybridized carbons (Fsp3) is 0.556. The van der Waals surface area contributed by atoms with E-state index >= 15 is 0 Å². The molecular formula is C27H38N4O7. The third kappa shape index (κ3) is 7.78. The molecule has 4 atom stereocenters. The van der Waals surface area contributed by atoms with Crippen molar-refractivity contribution in [2.45, 2.75) is 77.4 Å². The Hall–Kier alpha value is -3.44. The predicted octanol–water partition coefficient (Wildman–Crippen LogP) is 1.46. The highest BCUT2D eigenvalue weighted by Gasteiger charge is 2.43. The Labute approximate surface area is 221 Å². The number of alkyl carbamates (subject to hydrolysis) is 1. The van der Waals surface area contributed by atoms with Crippen LogP contribution in [0.2, 0.25) is 0 Å². The van der Waals surface area contributed by atoms with Crippen LogP contribution in [0.4, 0.5) is 4.79 Å². The molecule has 0 radical (unpaired) electrons. The number of nitrogens with one attached hydrogen (secondary N) is 2. The Morgan fingerprint density at radius 3 is 2.50 bits per heavy atom. The minimum absolute atomic E-state index is 0.163. The normalized spacial score (nSPS) is 21.2. The van der Waals surface area contributed by atoms with Crippen molar-refractivity contribution in [1.29, 1.82) is 0 Å². The molecule has 1 aliphatic carbocycles. The van der Waals surface area contributed by atoms with E-state index in [1.807, 2.05) is 30.3 Å².